The largest absolute Gasteiger partial charge is 0.459 e. The summed E-state index contributed by atoms with van der Waals surface area (Å²) in [6, 6.07) is 0. The molecule has 9 saturated carbocycles. The zero-order valence-corrected chi connectivity index (χ0v) is 27.7. The van der Waals surface area contributed by atoms with Crippen LogP contribution in [0.15, 0.2) is 0 Å². The maximum atomic E-state index is 13.1. The predicted octanol–water partition coefficient (Wildman–Crippen LogP) is 7.22. The highest BCUT2D eigenvalue weighted by atomic mass is 16.6. The number of carbonyl (C=O) groups excluding carboxylic acids is 3. The third kappa shape index (κ3) is 4.55. The van der Waals surface area contributed by atoms with Crippen molar-refractivity contribution >= 4 is 17.9 Å². The fraction of sp³-hybridized carbons (Fsp3) is 0.921. The molecule has 1 heterocycles. The molecule has 10 rings (SSSR count). The van der Waals surface area contributed by atoms with Gasteiger partial charge in [0.1, 0.15) is 11.7 Å². The molecular formula is C38H56O6. The van der Waals surface area contributed by atoms with Crippen molar-refractivity contribution in [2.45, 2.75) is 129 Å². The summed E-state index contributed by atoms with van der Waals surface area (Å²) in [5, 5.41) is 0. The number of ether oxygens (including phenoxy) is 3. The van der Waals surface area contributed by atoms with Gasteiger partial charge in [0.05, 0.1) is 11.8 Å². The summed E-state index contributed by atoms with van der Waals surface area (Å²) in [5.74, 6) is 8.53. The molecule has 10 fully saturated rings. The van der Waals surface area contributed by atoms with Gasteiger partial charge >= 0.3 is 17.9 Å². The summed E-state index contributed by atoms with van der Waals surface area (Å²) < 4.78 is 17.4. The lowest BCUT2D eigenvalue weighted by Gasteiger charge is -2.59. The van der Waals surface area contributed by atoms with Crippen molar-refractivity contribution in [1.29, 1.82) is 0 Å². The van der Waals surface area contributed by atoms with Crippen molar-refractivity contribution in [1.82, 2.24) is 0 Å². The Hall–Kier alpha value is -1.59. The second-order valence-electron chi connectivity index (χ2n) is 17.8. The molecule has 9 aliphatic carbocycles. The van der Waals surface area contributed by atoms with Gasteiger partial charge in [0.25, 0.3) is 0 Å². The molecule has 0 spiro atoms. The molecule has 0 aromatic rings. The topological polar surface area (TPSA) is 78.9 Å². The minimum atomic E-state index is -0.628. The molecule has 0 aromatic heterocycles. The Morgan fingerprint density at radius 2 is 1.23 bits per heavy atom. The third-order valence-electron chi connectivity index (χ3n) is 16.1. The van der Waals surface area contributed by atoms with Crippen LogP contribution in [0.5, 0.6) is 0 Å². The van der Waals surface area contributed by atoms with Crippen LogP contribution in [0.3, 0.4) is 0 Å². The van der Waals surface area contributed by atoms with Crippen LogP contribution in [-0.2, 0) is 28.6 Å². The molecule has 44 heavy (non-hydrogen) atoms. The summed E-state index contributed by atoms with van der Waals surface area (Å²) in [5.41, 5.74) is -0.138. The fourth-order valence-corrected chi connectivity index (χ4v) is 13.2. The van der Waals surface area contributed by atoms with E-state index in [1.54, 1.807) is 0 Å². The van der Waals surface area contributed by atoms with Gasteiger partial charge in [0.15, 0.2) is 0 Å². The first-order chi connectivity index (χ1) is 21.0. The van der Waals surface area contributed by atoms with E-state index in [4.69, 9.17) is 14.2 Å². The lowest BCUT2D eigenvalue weighted by Crippen LogP contribution is -2.58. The Kier molecular flexibility index (Phi) is 7.26. The Morgan fingerprint density at radius 3 is 1.75 bits per heavy atom. The third-order valence-corrected chi connectivity index (χ3v) is 16.1. The van der Waals surface area contributed by atoms with Gasteiger partial charge < -0.3 is 14.2 Å². The summed E-state index contributed by atoms with van der Waals surface area (Å²) in [6.07, 6.45) is 13.5. The van der Waals surface area contributed by atoms with E-state index in [9.17, 15) is 14.4 Å². The SMILES string of the molecule is CC1C2CC(C(=O)OC3(C)C4CC5CC(C4)CC3C5)C(C2)C1C.CC1C2CC(C(=O)OC3C(=O)OC4CCCC43)C(C2)C1C. The minimum Gasteiger partial charge on any atom is -0.459 e. The first-order valence-corrected chi connectivity index (χ1v) is 18.7. The van der Waals surface area contributed by atoms with Gasteiger partial charge in [0, 0.05) is 5.92 Å². The van der Waals surface area contributed by atoms with Crippen molar-refractivity contribution in [3.8, 4) is 0 Å². The molecule has 1 saturated heterocycles. The van der Waals surface area contributed by atoms with E-state index < -0.39 is 6.10 Å². The molecule has 13 atom stereocenters. The molecule has 8 bridgehead atoms. The number of rotatable bonds is 4. The van der Waals surface area contributed by atoms with Crippen molar-refractivity contribution < 1.29 is 28.6 Å². The number of carbonyl (C=O) groups is 3. The van der Waals surface area contributed by atoms with E-state index in [1.807, 2.05) is 0 Å². The van der Waals surface area contributed by atoms with Gasteiger partial charge in [-0.25, -0.2) is 4.79 Å². The normalized spacial score (nSPS) is 55.5. The standard InChI is InChI=1S/C21H32O2.C17H24O4/c1-11-12(2)18-9-15(11)10-19(18)20(22)23-21(3)16-5-13-4-14(7-16)8-17(21)6-13;1-8-9(2)12-6-10(8)7-13(12)16(18)21-15-11-4-3-5-14(11)20-17(15)19/h11-19H,4-10H2,1-3H3;8-15H,3-7H2,1-2H3. The molecule has 13 unspecified atom stereocenters. The summed E-state index contributed by atoms with van der Waals surface area (Å²) in [6.45, 7) is 11.6. The average Bonchev–Trinajstić information content (AvgIpc) is 3.83. The van der Waals surface area contributed by atoms with Crippen molar-refractivity contribution in [3.63, 3.8) is 0 Å². The Balaban J connectivity index is 0.000000132. The minimum absolute atomic E-state index is 0.00530. The molecule has 0 aromatic carbocycles. The first kappa shape index (κ1) is 29.8. The summed E-state index contributed by atoms with van der Waals surface area (Å²) in [7, 11) is 0. The highest BCUT2D eigenvalue weighted by Gasteiger charge is 2.59. The smallest absolute Gasteiger partial charge is 0.348 e. The van der Waals surface area contributed by atoms with E-state index in [2.05, 4.69) is 34.6 Å². The lowest BCUT2D eigenvalue weighted by molar-refractivity contribution is -0.209. The van der Waals surface area contributed by atoms with Crippen molar-refractivity contribution in [2.24, 2.45) is 88.8 Å². The highest BCUT2D eigenvalue weighted by molar-refractivity contribution is 5.82. The van der Waals surface area contributed by atoms with Crippen molar-refractivity contribution in [2.75, 3.05) is 0 Å². The van der Waals surface area contributed by atoms with Gasteiger partial charge in [0.2, 0.25) is 6.10 Å². The Bertz CT molecular complexity index is 1150. The van der Waals surface area contributed by atoms with Crippen LogP contribution in [0.25, 0.3) is 0 Å². The number of hydrogen-bond donors (Lipinski definition) is 0. The fourth-order valence-electron chi connectivity index (χ4n) is 13.2. The monoisotopic (exact) mass is 608 g/mol. The van der Waals surface area contributed by atoms with E-state index in [1.165, 1.54) is 38.5 Å². The molecular weight excluding hydrogens is 552 g/mol. The van der Waals surface area contributed by atoms with E-state index in [0.717, 1.165) is 68.1 Å². The molecule has 0 radical (unpaired) electrons. The van der Waals surface area contributed by atoms with Crippen LogP contribution in [0.4, 0.5) is 0 Å². The molecule has 10 aliphatic rings. The van der Waals surface area contributed by atoms with Crippen LogP contribution in [-0.4, -0.2) is 35.7 Å². The Labute approximate surface area is 264 Å². The number of fused-ring (bicyclic) bond motifs is 5. The molecule has 6 nitrogen and oxygen atoms in total. The van der Waals surface area contributed by atoms with Gasteiger partial charge in [-0.2, -0.15) is 0 Å². The van der Waals surface area contributed by atoms with Crippen LogP contribution < -0.4 is 0 Å². The zero-order chi connectivity index (χ0) is 30.7. The van der Waals surface area contributed by atoms with Gasteiger partial charge in [-0.1, -0.05) is 27.7 Å². The van der Waals surface area contributed by atoms with E-state index in [-0.39, 0.29) is 47.4 Å². The van der Waals surface area contributed by atoms with Crippen LogP contribution in [0, 0.1) is 88.8 Å². The highest BCUT2D eigenvalue weighted by Crippen LogP contribution is 2.61. The first-order valence-electron chi connectivity index (χ1n) is 18.7. The second-order valence-corrected chi connectivity index (χ2v) is 17.8. The average molecular weight is 609 g/mol. The van der Waals surface area contributed by atoms with Crippen LogP contribution >= 0.6 is 0 Å². The molecule has 6 heteroatoms. The summed E-state index contributed by atoms with van der Waals surface area (Å²) >= 11 is 0. The molecule has 0 amide bonds. The number of esters is 3. The van der Waals surface area contributed by atoms with E-state index >= 15 is 0 Å². The van der Waals surface area contributed by atoms with E-state index in [0.29, 0.717) is 41.4 Å². The number of hydrogen-bond acceptors (Lipinski definition) is 6. The second kappa shape index (κ2) is 10.7. The Morgan fingerprint density at radius 1 is 0.682 bits per heavy atom. The molecule has 1 aliphatic heterocycles. The van der Waals surface area contributed by atoms with Gasteiger partial charge in [-0.3, -0.25) is 9.59 Å². The quantitative estimate of drug-likeness (QED) is 0.248. The maximum Gasteiger partial charge on any atom is 0.348 e. The molecule has 244 valence electrons. The molecule has 0 N–H and O–H groups in total. The van der Waals surface area contributed by atoms with Gasteiger partial charge in [-0.15, -0.1) is 0 Å². The van der Waals surface area contributed by atoms with Gasteiger partial charge in [-0.05, 0) is 155 Å². The van der Waals surface area contributed by atoms with Crippen LogP contribution in [0.1, 0.15) is 112 Å². The lowest BCUT2D eigenvalue weighted by atomic mass is 9.50. The maximum absolute atomic E-state index is 13.1. The van der Waals surface area contributed by atoms with Crippen LogP contribution in [0.2, 0.25) is 0 Å². The summed E-state index contributed by atoms with van der Waals surface area (Å²) in [4.78, 5) is 37.5. The zero-order valence-electron chi connectivity index (χ0n) is 27.7. The predicted molar refractivity (Wildman–Crippen MR) is 165 cm³/mol. The van der Waals surface area contributed by atoms with Crippen molar-refractivity contribution in [3.05, 3.63) is 0 Å².